The molecule has 0 aromatic heterocycles. The van der Waals surface area contributed by atoms with Crippen LogP contribution in [0.4, 0.5) is 0 Å². The lowest BCUT2D eigenvalue weighted by molar-refractivity contribution is -0.122. The number of amides is 1. The van der Waals surface area contributed by atoms with Crippen molar-refractivity contribution in [2.45, 2.75) is 43.4 Å². The summed E-state index contributed by atoms with van der Waals surface area (Å²) in [6.45, 7) is 2.16. The van der Waals surface area contributed by atoms with Crippen molar-refractivity contribution >= 4 is 17.7 Å². The minimum Gasteiger partial charge on any atom is -0.368 e. The van der Waals surface area contributed by atoms with Crippen LogP contribution in [0.1, 0.15) is 32.6 Å². The van der Waals surface area contributed by atoms with Crippen molar-refractivity contribution in [3.05, 3.63) is 0 Å². The van der Waals surface area contributed by atoms with E-state index in [-0.39, 0.29) is 5.91 Å². The SMILES string of the molecule is CCCSC1CCC(N)(C(N)=O)C1. The number of nitrogens with two attached hydrogens (primary N) is 2. The van der Waals surface area contributed by atoms with Gasteiger partial charge in [-0.25, -0.2) is 0 Å². The third-order valence-corrected chi connectivity index (χ3v) is 4.07. The first-order valence-corrected chi connectivity index (χ1v) is 5.84. The molecule has 1 amide bonds. The molecule has 0 bridgehead atoms. The van der Waals surface area contributed by atoms with Crippen LogP contribution in [-0.2, 0) is 4.79 Å². The van der Waals surface area contributed by atoms with Gasteiger partial charge in [-0.3, -0.25) is 4.79 Å². The maximum Gasteiger partial charge on any atom is 0.237 e. The summed E-state index contributed by atoms with van der Waals surface area (Å²) in [5, 5.41) is 0.539. The standard InChI is InChI=1S/C9H18N2OS/c1-2-5-13-7-3-4-9(11,6-7)8(10)12/h7H,2-6,11H2,1H3,(H2,10,12). The zero-order chi connectivity index (χ0) is 9.90. The summed E-state index contributed by atoms with van der Waals surface area (Å²) >= 11 is 1.92. The lowest BCUT2D eigenvalue weighted by Gasteiger charge is -2.19. The van der Waals surface area contributed by atoms with Gasteiger partial charge in [0, 0.05) is 5.25 Å². The monoisotopic (exact) mass is 202 g/mol. The Hall–Kier alpha value is -0.220. The third-order valence-electron chi connectivity index (χ3n) is 2.55. The van der Waals surface area contributed by atoms with Gasteiger partial charge in [0.25, 0.3) is 0 Å². The molecule has 0 aromatic carbocycles. The minimum atomic E-state index is -0.717. The van der Waals surface area contributed by atoms with E-state index in [1.54, 1.807) is 0 Å². The molecule has 0 aromatic rings. The smallest absolute Gasteiger partial charge is 0.237 e. The summed E-state index contributed by atoms with van der Waals surface area (Å²) in [4.78, 5) is 11.0. The highest BCUT2D eigenvalue weighted by Crippen LogP contribution is 2.35. The van der Waals surface area contributed by atoms with Crippen LogP contribution in [0.25, 0.3) is 0 Å². The minimum absolute atomic E-state index is 0.341. The summed E-state index contributed by atoms with van der Waals surface area (Å²) in [7, 11) is 0. The Kier molecular flexibility index (Phi) is 3.62. The summed E-state index contributed by atoms with van der Waals surface area (Å²) < 4.78 is 0. The van der Waals surface area contributed by atoms with Crippen molar-refractivity contribution in [1.29, 1.82) is 0 Å². The van der Waals surface area contributed by atoms with Gasteiger partial charge in [-0.1, -0.05) is 6.92 Å². The molecule has 2 unspecified atom stereocenters. The topological polar surface area (TPSA) is 69.1 Å². The van der Waals surface area contributed by atoms with Gasteiger partial charge >= 0.3 is 0 Å². The van der Waals surface area contributed by atoms with Gasteiger partial charge in [0.15, 0.2) is 0 Å². The molecule has 1 aliphatic rings. The van der Waals surface area contributed by atoms with E-state index >= 15 is 0 Å². The van der Waals surface area contributed by atoms with Crippen molar-refractivity contribution in [2.75, 3.05) is 5.75 Å². The van der Waals surface area contributed by atoms with Gasteiger partial charge in [0.2, 0.25) is 5.91 Å². The van der Waals surface area contributed by atoms with E-state index in [2.05, 4.69) is 6.92 Å². The fourth-order valence-electron chi connectivity index (χ4n) is 1.68. The number of hydrogen-bond donors (Lipinski definition) is 2. The molecule has 0 spiro atoms. The predicted octanol–water partition coefficient (Wildman–Crippen LogP) is 0.865. The number of carbonyl (C=O) groups excluding carboxylic acids is 1. The second-order valence-electron chi connectivity index (χ2n) is 3.76. The second-order valence-corrected chi connectivity index (χ2v) is 5.16. The Morgan fingerprint density at radius 2 is 2.38 bits per heavy atom. The van der Waals surface area contributed by atoms with Crippen LogP contribution < -0.4 is 11.5 Å². The molecule has 4 N–H and O–H groups in total. The second kappa shape index (κ2) is 4.33. The molecule has 0 heterocycles. The number of rotatable bonds is 4. The highest BCUT2D eigenvalue weighted by molar-refractivity contribution is 7.99. The summed E-state index contributed by atoms with van der Waals surface area (Å²) in [6.07, 6.45) is 3.72. The molecule has 0 aliphatic heterocycles. The van der Waals surface area contributed by atoms with Crippen LogP contribution in [0.3, 0.4) is 0 Å². The molecule has 13 heavy (non-hydrogen) atoms. The maximum atomic E-state index is 11.0. The van der Waals surface area contributed by atoms with E-state index in [0.717, 1.165) is 25.0 Å². The first-order valence-electron chi connectivity index (χ1n) is 4.79. The Balaban J connectivity index is 2.39. The number of primary amides is 1. The van der Waals surface area contributed by atoms with E-state index in [0.29, 0.717) is 5.25 Å². The first kappa shape index (κ1) is 10.9. The van der Waals surface area contributed by atoms with E-state index < -0.39 is 5.54 Å². The van der Waals surface area contributed by atoms with E-state index in [9.17, 15) is 4.79 Å². The van der Waals surface area contributed by atoms with E-state index in [1.165, 1.54) is 6.42 Å². The third kappa shape index (κ3) is 2.61. The van der Waals surface area contributed by atoms with Gasteiger partial charge in [-0.15, -0.1) is 0 Å². The molecule has 0 radical (unpaired) electrons. The van der Waals surface area contributed by atoms with Crippen LogP contribution >= 0.6 is 11.8 Å². The highest BCUT2D eigenvalue weighted by Gasteiger charge is 2.40. The van der Waals surface area contributed by atoms with Crippen molar-refractivity contribution in [3.63, 3.8) is 0 Å². The zero-order valence-electron chi connectivity index (χ0n) is 8.08. The van der Waals surface area contributed by atoms with Crippen molar-refractivity contribution in [1.82, 2.24) is 0 Å². The summed E-state index contributed by atoms with van der Waals surface area (Å²) in [5.41, 5.74) is 10.4. The normalized spacial score (nSPS) is 33.5. The van der Waals surface area contributed by atoms with Gasteiger partial charge in [0.05, 0.1) is 5.54 Å². The molecule has 1 rings (SSSR count). The highest BCUT2D eigenvalue weighted by atomic mass is 32.2. The van der Waals surface area contributed by atoms with Crippen molar-refractivity contribution in [3.8, 4) is 0 Å². The van der Waals surface area contributed by atoms with E-state index in [4.69, 9.17) is 11.5 Å². The average molecular weight is 202 g/mol. The maximum absolute atomic E-state index is 11.0. The summed E-state index contributed by atoms with van der Waals surface area (Å²) in [6, 6.07) is 0. The fraction of sp³-hybridized carbons (Fsp3) is 0.889. The number of thioether (sulfide) groups is 1. The Morgan fingerprint density at radius 1 is 1.69 bits per heavy atom. The molecule has 3 nitrogen and oxygen atoms in total. The van der Waals surface area contributed by atoms with Crippen LogP contribution in [0.15, 0.2) is 0 Å². The Bertz CT molecular complexity index is 198. The zero-order valence-corrected chi connectivity index (χ0v) is 8.90. The lowest BCUT2D eigenvalue weighted by atomic mass is 9.99. The molecule has 1 saturated carbocycles. The quantitative estimate of drug-likeness (QED) is 0.710. The van der Waals surface area contributed by atoms with Gasteiger partial charge < -0.3 is 11.5 Å². The molecular weight excluding hydrogens is 184 g/mol. The molecule has 1 aliphatic carbocycles. The Morgan fingerprint density at radius 3 is 2.85 bits per heavy atom. The number of hydrogen-bond acceptors (Lipinski definition) is 3. The molecular formula is C9H18N2OS. The largest absolute Gasteiger partial charge is 0.368 e. The van der Waals surface area contributed by atoms with Crippen LogP contribution in [-0.4, -0.2) is 22.4 Å². The van der Waals surface area contributed by atoms with Gasteiger partial charge in [-0.2, -0.15) is 11.8 Å². The van der Waals surface area contributed by atoms with E-state index in [1.807, 2.05) is 11.8 Å². The molecule has 0 saturated heterocycles. The number of carbonyl (C=O) groups is 1. The Labute approximate surface area is 83.6 Å². The van der Waals surface area contributed by atoms with Gasteiger partial charge in [0.1, 0.15) is 0 Å². The average Bonchev–Trinajstić information content (AvgIpc) is 2.45. The molecule has 76 valence electrons. The van der Waals surface area contributed by atoms with Crippen molar-refractivity contribution < 1.29 is 4.79 Å². The van der Waals surface area contributed by atoms with Crippen LogP contribution in [0, 0.1) is 0 Å². The molecule has 4 heteroatoms. The fourth-order valence-corrected chi connectivity index (χ4v) is 2.95. The first-order chi connectivity index (χ1) is 6.08. The van der Waals surface area contributed by atoms with Crippen molar-refractivity contribution in [2.24, 2.45) is 11.5 Å². The van der Waals surface area contributed by atoms with Gasteiger partial charge in [-0.05, 0) is 31.4 Å². The van der Waals surface area contributed by atoms with Crippen LogP contribution in [0.2, 0.25) is 0 Å². The van der Waals surface area contributed by atoms with Crippen LogP contribution in [0.5, 0.6) is 0 Å². The molecule has 2 atom stereocenters. The predicted molar refractivity (Wildman–Crippen MR) is 56.5 cm³/mol. The molecule has 1 fully saturated rings. The lowest BCUT2D eigenvalue weighted by Crippen LogP contribution is -2.50. The summed E-state index contributed by atoms with van der Waals surface area (Å²) in [5.74, 6) is 0.812.